The zero-order valence-electron chi connectivity index (χ0n) is 43.8. The monoisotopic (exact) mass is 956 g/mol. The van der Waals surface area contributed by atoms with Gasteiger partial charge in [0.2, 0.25) is 0 Å². The van der Waals surface area contributed by atoms with E-state index in [1.165, 1.54) is 107 Å². The summed E-state index contributed by atoms with van der Waals surface area (Å²) in [7, 11) is 0. The van der Waals surface area contributed by atoms with Crippen molar-refractivity contribution in [2.45, 2.75) is 152 Å². The molecule has 0 radical (unpaired) electrons. The molecule has 0 atom stereocenters. The number of fused-ring (bicyclic) bond motifs is 7. The predicted octanol–water partition coefficient (Wildman–Crippen LogP) is 17.8. The maximum atomic E-state index is 6.09. The van der Waals surface area contributed by atoms with E-state index in [4.69, 9.17) is 19.4 Å². The molecule has 0 aliphatic heterocycles. The fourth-order valence-electron chi connectivity index (χ4n) is 14.1. The van der Waals surface area contributed by atoms with Crippen LogP contribution in [0.5, 0.6) is 0 Å². The van der Waals surface area contributed by atoms with Gasteiger partial charge in [0.25, 0.3) is 0 Å². The van der Waals surface area contributed by atoms with Crippen LogP contribution in [0.2, 0.25) is 0 Å². The van der Waals surface area contributed by atoms with Crippen LogP contribution in [0.3, 0.4) is 0 Å². The van der Waals surface area contributed by atoms with Crippen molar-refractivity contribution < 1.29 is 4.42 Å². The Hall–Kier alpha value is -6.65. The lowest BCUT2D eigenvalue weighted by molar-refractivity contribution is 0.358. The second kappa shape index (κ2) is 17.8. The van der Waals surface area contributed by atoms with Crippen molar-refractivity contribution in [3.63, 3.8) is 0 Å². The Morgan fingerprint density at radius 2 is 0.726 bits per heavy atom. The van der Waals surface area contributed by atoms with Crippen LogP contribution >= 0.6 is 0 Å². The number of hydrogen-bond acceptors (Lipinski definition) is 4. The summed E-state index contributed by atoms with van der Waals surface area (Å²) in [5.74, 6) is 2.85. The summed E-state index contributed by atoms with van der Waals surface area (Å²) < 4.78 is 6.09. The highest BCUT2D eigenvalue weighted by atomic mass is 16.3. The van der Waals surface area contributed by atoms with Gasteiger partial charge in [-0.1, -0.05) is 151 Å². The fourth-order valence-corrected chi connectivity index (χ4v) is 14.1. The van der Waals surface area contributed by atoms with E-state index in [1.54, 1.807) is 11.1 Å². The topological polar surface area (TPSA) is 51.8 Å². The van der Waals surface area contributed by atoms with Gasteiger partial charge in [-0.2, -0.15) is 0 Å². The molecule has 0 N–H and O–H groups in total. The molecule has 0 spiro atoms. The highest BCUT2D eigenvalue weighted by Gasteiger charge is 2.35. The molecule has 73 heavy (non-hydrogen) atoms. The molecular formula is C69H69N3O. The molecule has 2 fully saturated rings. The SMILES string of the molecule is CC(C)(Cc1cc(CC(C)(C)c2ccc(-c3cc4c(cn3)C3CCC4CC3)cc2)cc(CC(C)(C)c2ccc(-c3cc4c(cn3)oc3ccccc34)cc2)c1)c1ccc(-c2cc3c(cn2)C2CCC3CC2)cc1. The average molecular weight is 956 g/mol. The highest BCUT2D eigenvalue weighted by molar-refractivity contribution is 6.05. The molecular weight excluding hydrogens is 887 g/mol. The molecule has 2 saturated carbocycles. The molecule has 9 aromatic rings. The van der Waals surface area contributed by atoms with Crippen LogP contribution in [-0.4, -0.2) is 15.0 Å². The van der Waals surface area contributed by atoms with Crippen molar-refractivity contribution in [1.29, 1.82) is 0 Å². The van der Waals surface area contributed by atoms with Gasteiger partial charge in [0, 0.05) is 39.9 Å². The summed E-state index contributed by atoms with van der Waals surface area (Å²) in [5, 5.41) is 2.22. The number of benzene rings is 5. The van der Waals surface area contributed by atoms with Gasteiger partial charge in [-0.25, -0.2) is 0 Å². The van der Waals surface area contributed by atoms with Crippen LogP contribution in [0.4, 0.5) is 0 Å². The number of para-hydroxylation sites is 1. The maximum Gasteiger partial charge on any atom is 0.153 e. The van der Waals surface area contributed by atoms with E-state index in [0.717, 1.165) is 63.8 Å². The van der Waals surface area contributed by atoms with Crippen molar-refractivity contribution in [2.24, 2.45) is 0 Å². The number of pyridine rings is 3. The van der Waals surface area contributed by atoms with Crippen molar-refractivity contribution in [3.8, 4) is 33.8 Å². The Labute approximate surface area is 432 Å². The molecule has 6 aliphatic rings. The number of aromatic nitrogens is 3. The van der Waals surface area contributed by atoms with E-state index < -0.39 is 0 Å². The Kier molecular flexibility index (Phi) is 11.2. The lowest BCUT2D eigenvalue weighted by atomic mass is 9.67. The smallest absolute Gasteiger partial charge is 0.153 e. The van der Waals surface area contributed by atoms with Gasteiger partial charge in [0.05, 0.1) is 23.3 Å². The Balaban J connectivity index is 0.780. The molecule has 4 heterocycles. The van der Waals surface area contributed by atoms with Gasteiger partial charge >= 0.3 is 0 Å². The van der Waals surface area contributed by atoms with Gasteiger partial charge in [0.15, 0.2) is 5.58 Å². The van der Waals surface area contributed by atoms with E-state index in [9.17, 15) is 0 Å². The standard InChI is InChI=1S/C69H69N3O/c1-67(2,53-25-19-50(20-26-53)62-34-57-46-11-15-48(16-12-46)60(57)40-70-62)37-43-31-44(38-68(3,4)54-27-21-51(22-28-54)63-35-58-47-13-17-49(18-14-47)61(58)41-71-63)33-45(32-43)39-69(5,6)55-29-23-52(24-30-55)64-36-59-56-9-7-8-10-65(56)73-66(59)42-72-64/h7-10,19-36,40-42,46-49H,11-18,37-39H2,1-6H3. The molecule has 15 rings (SSSR count). The molecule has 4 nitrogen and oxygen atoms in total. The van der Waals surface area contributed by atoms with E-state index in [2.05, 4.69) is 175 Å². The predicted molar refractivity (Wildman–Crippen MR) is 301 cm³/mol. The second-order valence-corrected chi connectivity index (χ2v) is 24.7. The molecule has 4 aromatic heterocycles. The zero-order chi connectivity index (χ0) is 49.6. The van der Waals surface area contributed by atoms with Crippen LogP contribution in [-0.2, 0) is 35.5 Å². The normalized spacial score (nSPS) is 19.4. The maximum absolute atomic E-state index is 6.09. The van der Waals surface area contributed by atoms with E-state index in [1.807, 2.05) is 18.3 Å². The van der Waals surface area contributed by atoms with Crippen LogP contribution in [0, 0.1) is 0 Å². The van der Waals surface area contributed by atoms with Gasteiger partial charge < -0.3 is 4.42 Å². The van der Waals surface area contributed by atoms with Crippen LogP contribution in [0.15, 0.2) is 156 Å². The first-order chi connectivity index (χ1) is 35.3. The van der Waals surface area contributed by atoms with Crippen molar-refractivity contribution >= 4 is 21.9 Å². The number of hydrogen-bond donors (Lipinski definition) is 0. The number of nitrogens with zero attached hydrogens (tertiary/aromatic N) is 3. The Morgan fingerprint density at radius 3 is 1.14 bits per heavy atom. The molecule has 0 amide bonds. The highest BCUT2D eigenvalue weighted by Crippen LogP contribution is 2.51. The van der Waals surface area contributed by atoms with Gasteiger partial charge in [0.1, 0.15) is 5.58 Å². The summed E-state index contributed by atoms with van der Waals surface area (Å²) in [6, 6.07) is 50.6. The van der Waals surface area contributed by atoms with Crippen LogP contribution in [0.25, 0.3) is 55.7 Å². The molecule has 0 unspecified atom stereocenters. The minimum Gasteiger partial charge on any atom is -0.454 e. The third-order valence-electron chi connectivity index (χ3n) is 18.4. The lowest BCUT2D eigenvalue weighted by Crippen LogP contribution is -2.24. The molecule has 0 saturated heterocycles. The molecule has 5 aromatic carbocycles. The third kappa shape index (κ3) is 8.63. The van der Waals surface area contributed by atoms with E-state index >= 15 is 0 Å². The minimum atomic E-state index is -0.113. The van der Waals surface area contributed by atoms with Gasteiger partial charge in [-0.15, -0.1) is 0 Å². The fraction of sp³-hybridized carbons (Fsp3) is 0.348. The summed E-state index contributed by atoms with van der Waals surface area (Å²) >= 11 is 0. The minimum absolute atomic E-state index is 0.0857. The van der Waals surface area contributed by atoms with Crippen molar-refractivity contribution in [2.75, 3.05) is 0 Å². The number of furan rings is 1. The first kappa shape index (κ1) is 46.2. The summed E-state index contributed by atoms with van der Waals surface area (Å²) in [6.45, 7) is 14.5. The molecule has 4 bridgehead atoms. The van der Waals surface area contributed by atoms with E-state index in [-0.39, 0.29) is 16.2 Å². The lowest BCUT2D eigenvalue weighted by Gasteiger charge is -2.38. The Morgan fingerprint density at radius 1 is 0.370 bits per heavy atom. The first-order valence-electron chi connectivity index (χ1n) is 27.5. The summed E-state index contributed by atoms with van der Waals surface area (Å²) in [4.78, 5) is 14.9. The molecule has 6 aliphatic carbocycles. The van der Waals surface area contributed by atoms with Gasteiger partial charge in [-0.05, 0) is 190 Å². The molecule has 366 valence electrons. The quantitative estimate of drug-likeness (QED) is 0.122. The largest absolute Gasteiger partial charge is 0.454 e. The third-order valence-corrected chi connectivity index (χ3v) is 18.4. The van der Waals surface area contributed by atoms with Gasteiger partial charge in [-0.3, -0.25) is 15.0 Å². The van der Waals surface area contributed by atoms with Crippen molar-refractivity contribution in [3.05, 3.63) is 208 Å². The van der Waals surface area contributed by atoms with Crippen molar-refractivity contribution in [1.82, 2.24) is 15.0 Å². The zero-order valence-corrected chi connectivity index (χ0v) is 43.8. The second-order valence-electron chi connectivity index (χ2n) is 24.7. The van der Waals surface area contributed by atoms with Crippen LogP contribution < -0.4 is 0 Å². The summed E-state index contributed by atoms with van der Waals surface area (Å²) in [6.07, 6.45) is 19.8. The van der Waals surface area contributed by atoms with E-state index in [0.29, 0.717) is 23.7 Å². The van der Waals surface area contributed by atoms with Crippen LogP contribution in [0.1, 0.15) is 172 Å². The first-order valence-corrected chi connectivity index (χ1v) is 27.5. The summed E-state index contributed by atoms with van der Waals surface area (Å²) in [5.41, 5.74) is 22.5. The Bertz CT molecular complexity index is 3380. The average Bonchev–Trinajstić information content (AvgIpc) is 3.79. The molecule has 4 heteroatoms. The number of rotatable bonds is 12.